The minimum atomic E-state index is -0.0245. The number of hydrogen-bond acceptors (Lipinski definition) is 4. The van der Waals surface area contributed by atoms with E-state index in [1.807, 2.05) is 4.90 Å². The van der Waals surface area contributed by atoms with Gasteiger partial charge in [0.1, 0.15) is 5.69 Å². The van der Waals surface area contributed by atoms with Crippen molar-refractivity contribution in [3.8, 4) is 0 Å². The van der Waals surface area contributed by atoms with Gasteiger partial charge in [0.25, 0.3) is 5.91 Å². The summed E-state index contributed by atoms with van der Waals surface area (Å²) in [4.78, 5) is 41.9. The molecule has 4 fully saturated rings. The summed E-state index contributed by atoms with van der Waals surface area (Å²) in [5, 5.41) is 9.76. The van der Waals surface area contributed by atoms with E-state index in [1.165, 1.54) is 0 Å². The van der Waals surface area contributed by atoms with Gasteiger partial charge in [-0.1, -0.05) is 0 Å². The van der Waals surface area contributed by atoms with Crippen LogP contribution >= 0.6 is 0 Å². The number of fused-ring (bicyclic) bond motifs is 4. The van der Waals surface area contributed by atoms with Crippen LogP contribution in [0.5, 0.6) is 0 Å². The molecule has 8 heteroatoms. The first kappa shape index (κ1) is 17.7. The van der Waals surface area contributed by atoms with E-state index in [0.29, 0.717) is 37.7 Å². The summed E-state index contributed by atoms with van der Waals surface area (Å²) in [6, 6.07) is 1.86. The molecule has 2 bridgehead atoms. The lowest BCUT2D eigenvalue weighted by atomic mass is 9.72. The molecule has 4 aliphatic rings. The van der Waals surface area contributed by atoms with Crippen LogP contribution in [0.25, 0.3) is 0 Å². The molecule has 0 radical (unpaired) electrons. The van der Waals surface area contributed by atoms with E-state index in [1.54, 1.807) is 12.3 Å². The van der Waals surface area contributed by atoms with Crippen molar-refractivity contribution in [2.45, 2.75) is 50.6 Å². The van der Waals surface area contributed by atoms with Gasteiger partial charge in [0.05, 0.1) is 6.04 Å². The van der Waals surface area contributed by atoms with Crippen molar-refractivity contribution in [2.75, 3.05) is 19.6 Å². The molecule has 5 rings (SSSR count). The molecule has 2 N–H and O–H groups in total. The SMILES string of the molecule is O=C(NC[C@H]1[C@H]2C[C@H](CN(C(=O)c3ccn[nH]3)C2)[C@@H]2CCCC(=O)N21)C1CC1. The normalized spacial score (nSPS) is 32.1. The third-order valence-corrected chi connectivity index (χ3v) is 6.95. The second kappa shape index (κ2) is 6.90. The molecular weight excluding hydrogens is 358 g/mol. The average Bonchev–Trinajstić information content (AvgIpc) is 3.42. The van der Waals surface area contributed by atoms with Crippen LogP contribution in [0, 0.1) is 17.8 Å². The smallest absolute Gasteiger partial charge is 0.271 e. The summed E-state index contributed by atoms with van der Waals surface area (Å²) in [7, 11) is 0. The Kier molecular flexibility index (Phi) is 4.36. The van der Waals surface area contributed by atoms with Crippen molar-refractivity contribution in [1.82, 2.24) is 25.3 Å². The number of nitrogens with one attached hydrogen (secondary N) is 2. The molecule has 1 aromatic rings. The number of H-pyrrole nitrogens is 1. The van der Waals surface area contributed by atoms with Crippen LogP contribution < -0.4 is 5.32 Å². The van der Waals surface area contributed by atoms with E-state index in [0.717, 1.165) is 32.1 Å². The standard InChI is InChI=1S/C20H27N5O3/c26-18-3-1-2-16-13-8-14(11-24(10-13)20(28)15-6-7-22-23-15)17(25(16)18)9-21-19(27)12-4-5-12/h6-7,12-14,16-17H,1-5,8-11H2,(H,21,27)(H,22,23)/t13-,14+,16+,17+/m1/s1. The summed E-state index contributed by atoms with van der Waals surface area (Å²) in [6.07, 6.45) is 7.05. The Balaban J connectivity index is 1.37. The zero-order valence-electron chi connectivity index (χ0n) is 16.0. The van der Waals surface area contributed by atoms with Gasteiger partial charge < -0.3 is 15.1 Å². The number of amides is 3. The maximum absolute atomic E-state index is 12.9. The minimum Gasteiger partial charge on any atom is -0.354 e. The lowest BCUT2D eigenvalue weighted by Crippen LogP contribution is -2.67. The number of likely N-dealkylation sites (tertiary alicyclic amines) is 1. The van der Waals surface area contributed by atoms with E-state index in [9.17, 15) is 14.4 Å². The van der Waals surface area contributed by atoms with Crippen molar-refractivity contribution in [3.63, 3.8) is 0 Å². The number of nitrogens with zero attached hydrogens (tertiary/aromatic N) is 3. The van der Waals surface area contributed by atoms with Gasteiger partial charge in [0, 0.05) is 44.2 Å². The molecule has 0 unspecified atom stereocenters. The largest absolute Gasteiger partial charge is 0.354 e. The lowest BCUT2D eigenvalue weighted by molar-refractivity contribution is -0.152. The van der Waals surface area contributed by atoms with Gasteiger partial charge >= 0.3 is 0 Å². The van der Waals surface area contributed by atoms with E-state index in [-0.39, 0.29) is 41.6 Å². The first-order valence-electron chi connectivity index (χ1n) is 10.5. The van der Waals surface area contributed by atoms with E-state index < -0.39 is 0 Å². The molecule has 0 aromatic carbocycles. The summed E-state index contributed by atoms with van der Waals surface area (Å²) in [5.74, 6) is 0.973. The Morgan fingerprint density at radius 2 is 2.04 bits per heavy atom. The second-order valence-corrected chi connectivity index (χ2v) is 8.78. The Hall–Kier alpha value is -2.38. The maximum atomic E-state index is 12.9. The third-order valence-electron chi connectivity index (χ3n) is 6.95. The van der Waals surface area contributed by atoms with Crippen molar-refractivity contribution in [3.05, 3.63) is 18.0 Å². The average molecular weight is 385 g/mol. The molecule has 150 valence electrons. The van der Waals surface area contributed by atoms with E-state index in [2.05, 4.69) is 20.4 Å². The van der Waals surface area contributed by atoms with Crippen molar-refractivity contribution in [2.24, 2.45) is 17.8 Å². The monoisotopic (exact) mass is 385 g/mol. The zero-order valence-corrected chi connectivity index (χ0v) is 16.0. The zero-order chi connectivity index (χ0) is 19.3. The molecule has 1 saturated carbocycles. The summed E-state index contributed by atoms with van der Waals surface area (Å²) < 4.78 is 0. The fourth-order valence-electron chi connectivity index (χ4n) is 5.44. The van der Waals surface area contributed by atoms with Gasteiger partial charge in [-0.2, -0.15) is 5.10 Å². The number of aromatic amines is 1. The maximum Gasteiger partial charge on any atom is 0.271 e. The van der Waals surface area contributed by atoms with Gasteiger partial charge in [0.15, 0.2) is 0 Å². The van der Waals surface area contributed by atoms with Crippen molar-refractivity contribution >= 4 is 17.7 Å². The first-order valence-corrected chi connectivity index (χ1v) is 10.5. The summed E-state index contributed by atoms with van der Waals surface area (Å²) >= 11 is 0. The number of carbonyl (C=O) groups excluding carboxylic acids is 3. The highest BCUT2D eigenvalue weighted by molar-refractivity contribution is 5.92. The number of rotatable bonds is 4. The Labute approximate surface area is 164 Å². The van der Waals surface area contributed by atoms with Crippen LogP contribution in [0.1, 0.15) is 49.0 Å². The minimum absolute atomic E-state index is 0.0193. The van der Waals surface area contributed by atoms with Crippen LogP contribution in [0.2, 0.25) is 0 Å². The summed E-state index contributed by atoms with van der Waals surface area (Å²) in [5.41, 5.74) is 0.509. The van der Waals surface area contributed by atoms with Gasteiger partial charge in [-0.15, -0.1) is 0 Å². The van der Waals surface area contributed by atoms with Crippen molar-refractivity contribution in [1.29, 1.82) is 0 Å². The highest BCUT2D eigenvalue weighted by Crippen LogP contribution is 2.41. The van der Waals surface area contributed by atoms with Crippen LogP contribution in [-0.2, 0) is 9.59 Å². The number of carbonyl (C=O) groups is 3. The van der Waals surface area contributed by atoms with Gasteiger partial charge in [-0.25, -0.2) is 0 Å². The molecule has 3 aliphatic heterocycles. The predicted molar refractivity (Wildman–Crippen MR) is 100 cm³/mol. The molecule has 3 amide bonds. The highest BCUT2D eigenvalue weighted by Gasteiger charge is 2.50. The molecule has 28 heavy (non-hydrogen) atoms. The van der Waals surface area contributed by atoms with Crippen LogP contribution in [0.4, 0.5) is 0 Å². The van der Waals surface area contributed by atoms with Crippen LogP contribution in [0.3, 0.4) is 0 Å². The Morgan fingerprint density at radius 3 is 2.79 bits per heavy atom. The topological polar surface area (TPSA) is 98.4 Å². The molecule has 0 spiro atoms. The number of aromatic nitrogens is 2. The third kappa shape index (κ3) is 3.08. The molecule has 4 heterocycles. The Morgan fingerprint density at radius 1 is 1.21 bits per heavy atom. The number of piperidine rings is 3. The molecule has 8 nitrogen and oxygen atoms in total. The second-order valence-electron chi connectivity index (χ2n) is 8.78. The molecule has 3 saturated heterocycles. The van der Waals surface area contributed by atoms with Crippen molar-refractivity contribution < 1.29 is 14.4 Å². The molecular formula is C20H27N5O3. The summed E-state index contributed by atoms with van der Waals surface area (Å²) in [6.45, 7) is 1.81. The van der Waals surface area contributed by atoms with E-state index in [4.69, 9.17) is 0 Å². The Bertz CT molecular complexity index is 775. The van der Waals surface area contributed by atoms with Gasteiger partial charge in [-0.3, -0.25) is 19.5 Å². The predicted octanol–water partition coefficient (Wildman–Crippen LogP) is 0.777. The van der Waals surface area contributed by atoms with Crippen LogP contribution in [-0.4, -0.2) is 69.4 Å². The fourth-order valence-corrected chi connectivity index (χ4v) is 5.44. The quantitative estimate of drug-likeness (QED) is 0.800. The number of hydrogen-bond donors (Lipinski definition) is 2. The highest BCUT2D eigenvalue weighted by atomic mass is 16.2. The molecule has 1 aromatic heterocycles. The molecule has 1 aliphatic carbocycles. The first-order chi connectivity index (χ1) is 13.6. The van der Waals surface area contributed by atoms with Crippen LogP contribution in [0.15, 0.2) is 12.3 Å². The lowest BCUT2D eigenvalue weighted by Gasteiger charge is -2.56. The fraction of sp³-hybridized carbons (Fsp3) is 0.700. The van der Waals surface area contributed by atoms with E-state index >= 15 is 0 Å². The molecule has 4 atom stereocenters. The van der Waals surface area contributed by atoms with Gasteiger partial charge in [0.2, 0.25) is 11.8 Å². The van der Waals surface area contributed by atoms with Gasteiger partial charge in [-0.05, 0) is 50.0 Å².